The third-order valence-electron chi connectivity index (χ3n) is 4.63. The lowest BCUT2D eigenvalue weighted by molar-refractivity contribution is -0.129. The Labute approximate surface area is 172 Å². The largest absolute Gasteiger partial charge is 0.486 e. The van der Waals surface area contributed by atoms with Crippen molar-refractivity contribution in [2.45, 2.75) is 18.2 Å². The standard InChI is InChI=1S/C20H22N4O4S/c1-3-24(11-14-12-27-15-7-4-5-8-16(15)28-14)18(25)13-29-20-22-21-19(23(20)2)17-9-6-10-26-17/h4-10,14H,3,11-13H2,1-2H3/t14-/m0/s1. The summed E-state index contributed by atoms with van der Waals surface area (Å²) in [5.41, 5.74) is 0. The molecule has 1 atom stereocenters. The van der Waals surface area contributed by atoms with Crippen molar-refractivity contribution in [3.8, 4) is 23.1 Å². The van der Waals surface area contributed by atoms with Crippen molar-refractivity contribution >= 4 is 17.7 Å². The van der Waals surface area contributed by atoms with E-state index in [1.54, 1.807) is 17.2 Å². The van der Waals surface area contributed by atoms with Gasteiger partial charge < -0.3 is 23.4 Å². The molecule has 4 rings (SSSR count). The topological polar surface area (TPSA) is 82.6 Å². The van der Waals surface area contributed by atoms with Crippen LogP contribution in [-0.4, -0.2) is 57.1 Å². The van der Waals surface area contributed by atoms with Gasteiger partial charge in [0, 0.05) is 13.6 Å². The highest BCUT2D eigenvalue weighted by Gasteiger charge is 2.25. The molecule has 1 aromatic carbocycles. The number of hydrogen-bond acceptors (Lipinski definition) is 7. The van der Waals surface area contributed by atoms with Crippen LogP contribution in [0.4, 0.5) is 0 Å². The SMILES string of the molecule is CCN(C[C@H]1COc2ccccc2O1)C(=O)CSc1nnc(-c2ccco2)n1C. The number of ether oxygens (including phenoxy) is 2. The molecule has 3 heterocycles. The van der Waals surface area contributed by atoms with Crippen LogP contribution in [0.2, 0.25) is 0 Å². The van der Waals surface area contributed by atoms with Crippen molar-refractivity contribution in [1.82, 2.24) is 19.7 Å². The average Bonchev–Trinajstić information content (AvgIpc) is 3.40. The third-order valence-corrected chi connectivity index (χ3v) is 5.63. The minimum absolute atomic E-state index is 0.0162. The number of carbonyl (C=O) groups is 1. The van der Waals surface area contributed by atoms with E-state index in [-0.39, 0.29) is 17.8 Å². The van der Waals surface area contributed by atoms with E-state index in [9.17, 15) is 4.79 Å². The van der Waals surface area contributed by atoms with Gasteiger partial charge in [0.15, 0.2) is 34.3 Å². The van der Waals surface area contributed by atoms with Crippen molar-refractivity contribution in [1.29, 1.82) is 0 Å². The zero-order valence-corrected chi connectivity index (χ0v) is 17.1. The second-order valence-electron chi connectivity index (χ2n) is 6.56. The Morgan fingerprint density at radius 2 is 2.07 bits per heavy atom. The van der Waals surface area contributed by atoms with Crippen LogP contribution in [-0.2, 0) is 11.8 Å². The highest BCUT2D eigenvalue weighted by atomic mass is 32.2. The number of carbonyl (C=O) groups excluding carboxylic acids is 1. The molecule has 1 aliphatic heterocycles. The van der Waals surface area contributed by atoms with Crippen LogP contribution in [0.15, 0.2) is 52.2 Å². The Balaban J connectivity index is 1.34. The zero-order chi connectivity index (χ0) is 20.2. The molecule has 0 aliphatic carbocycles. The second kappa shape index (κ2) is 8.60. The van der Waals surface area contributed by atoms with Gasteiger partial charge in [-0.05, 0) is 31.2 Å². The number of aromatic nitrogens is 3. The van der Waals surface area contributed by atoms with E-state index in [1.165, 1.54) is 11.8 Å². The third kappa shape index (κ3) is 4.24. The molecule has 1 aliphatic rings. The lowest BCUT2D eigenvalue weighted by atomic mass is 10.2. The summed E-state index contributed by atoms with van der Waals surface area (Å²) in [5, 5.41) is 8.98. The molecular weight excluding hydrogens is 392 g/mol. The molecule has 0 saturated carbocycles. The molecule has 2 aromatic heterocycles. The first kappa shape index (κ1) is 19.4. The number of likely N-dealkylation sites (N-methyl/N-ethyl adjacent to an activating group) is 1. The molecule has 0 unspecified atom stereocenters. The van der Waals surface area contributed by atoms with Crippen LogP contribution in [0.5, 0.6) is 11.5 Å². The summed E-state index contributed by atoms with van der Waals surface area (Å²) in [5.74, 6) is 3.01. The maximum Gasteiger partial charge on any atom is 0.233 e. The van der Waals surface area contributed by atoms with E-state index in [0.29, 0.717) is 42.2 Å². The van der Waals surface area contributed by atoms with Gasteiger partial charge in [0.05, 0.1) is 18.6 Å². The summed E-state index contributed by atoms with van der Waals surface area (Å²) in [6.45, 7) is 3.44. The minimum Gasteiger partial charge on any atom is -0.486 e. The minimum atomic E-state index is -0.195. The summed E-state index contributed by atoms with van der Waals surface area (Å²) in [6, 6.07) is 11.2. The Morgan fingerprint density at radius 3 is 2.83 bits per heavy atom. The highest BCUT2D eigenvalue weighted by molar-refractivity contribution is 7.99. The van der Waals surface area contributed by atoms with Crippen LogP contribution < -0.4 is 9.47 Å². The Bertz CT molecular complexity index is 973. The molecule has 0 N–H and O–H groups in total. The van der Waals surface area contributed by atoms with Crippen molar-refractivity contribution < 1.29 is 18.7 Å². The first-order valence-corrected chi connectivity index (χ1v) is 10.4. The van der Waals surface area contributed by atoms with Crippen LogP contribution in [0, 0.1) is 0 Å². The van der Waals surface area contributed by atoms with Crippen molar-refractivity contribution in [2.75, 3.05) is 25.4 Å². The number of furan rings is 1. The van der Waals surface area contributed by atoms with Gasteiger partial charge in [0.2, 0.25) is 5.91 Å². The van der Waals surface area contributed by atoms with Crippen molar-refractivity contribution in [2.24, 2.45) is 7.05 Å². The first-order chi connectivity index (χ1) is 14.2. The molecule has 0 bridgehead atoms. The van der Waals surface area contributed by atoms with E-state index < -0.39 is 0 Å². The van der Waals surface area contributed by atoms with Crippen LogP contribution in [0.3, 0.4) is 0 Å². The van der Waals surface area contributed by atoms with Gasteiger partial charge in [-0.15, -0.1) is 10.2 Å². The lowest BCUT2D eigenvalue weighted by Crippen LogP contribution is -2.44. The molecule has 152 valence electrons. The fourth-order valence-corrected chi connectivity index (χ4v) is 3.90. The number of para-hydroxylation sites is 2. The Hall–Kier alpha value is -2.94. The molecule has 0 radical (unpaired) electrons. The summed E-state index contributed by atoms with van der Waals surface area (Å²) < 4.78 is 18.9. The fraction of sp³-hybridized carbons (Fsp3) is 0.350. The molecule has 29 heavy (non-hydrogen) atoms. The maximum atomic E-state index is 12.7. The van der Waals surface area contributed by atoms with E-state index in [1.807, 2.05) is 48.9 Å². The molecule has 8 nitrogen and oxygen atoms in total. The smallest absolute Gasteiger partial charge is 0.233 e. The summed E-state index contributed by atoms with van der Waals surface area (Å²) in [6.07, 6.45) is 1.40. The number of amides is 1. The summed E-state index contributed by atoms with van der Waals surface area (Å²) in [4.78, 5) is 14.5. The molecule has 0 saturated heterocycles. The Morgan fingerprint density at radius 1 is 1.24 bits per heavy atom. The molecule has 1 amide bonds. The van der Waals surface area contributed by atoms with Crippen LogP contribution in [0.1, 0.15) is 6.92 Å². The van der Waals surface area contributed by atoms with Gasteiger partial charge in [0.25, 0.3) is 0 Å². The molecule has 0 spiro atoms. The maximum absolute atomic E-state index is 12.7. The highest BCUT2D eigenvalue weighted by Crippen LogP contribution is 2.31. The van der Waals surface area contributed by atoms with Gasteiger partial charge in [0.1, 0.15) is 6.61 Å². The van der Waals surface area contributed by atoms with E-state index in [2.05, 4.69) is 10.2 Å². The number of thioether (sulfide) groups is 1. The normalized spacial score (nSPS) is 15.3. The summed E-state index contributed by atoms with van der Waals surface area (Å²) in [7, 11) is 1.85. The lowest BCUT2D eigenvalue weighted by Gasteiger charge is -2.30. The Kier molecular flexibility index (Phi) is 5.75. The van der Waals surface area contributed by atoms with Crippen LogP contribution >= 0.6 is 11.8 Å². The molecule has 3 aromatic rings. The van der Waals surface area contributed by atoms with Gasteiger partial charge in [-0.3, -0.25) is 4.79 Å². The van der Waals surface area contributed by atoms with E-state index >= 15 is 0 Å². The van der Waals surface area contributed by atoms with Crippen molar-refractivity contribution in [3.05, 3.63) is 42.7 Å². The van der Waals surface area contributed by atoms with Gasteiger partial charge in [-0.1, -0.05) is 23.9 Å². The predicted octanol–water partition coefficient (Wildman–Crippen LogP) is 2.86. The van der Waals surface area contributed by atoms with Crippen molar-refractivity contribution in [3.63, 3.8) is 0 Å². The number of hydrogen-bond donors (Lipinski definition) is 0. The molecule has 9 heteroatoms. The van der Waals surface area contributed by atoms with Gasteiger partial charge >= 0.3 is 0 Å². The second-order valence-corrected chi connectivity index (χ2v) is 7.50. The number of rotatable bonds is 7. The van der Waals surface area contributed by atoms with Crippen LogP contribution in [0.25, 0.3) is 11.6 Å². The summed E-state index contributed by atoms with van der Waals surface area (Å²) >= 11 is 1.35. The molecule has 0 fully saturated rings. The number of benzene rings is 1. The fourth-order valence-electron chi connectivity index (χ4n) is 3.08. The first-order valence-electron chi connectivity index (χ1n) is 9.38. The quantitative estimate of drug-likeness (QED) is 0.550. The van der Waals surface area contributed by atoms with E-state index in [0.717, 1.165) is 5.75 Å². The number of fused-ring (bicyclic) bond motifs is 1. The predicted molar refractivity (Wildman–Crippen MR) is 108 cm³/mol. The molecular formula is C20H22N4O4S. The van der Waals surface area contributed by atoms with Gasteiger partial charge in [-0.25, -0.2) is 0 Å². The van der Waals surface area contributed by atoms with Gasteiger partial charge in [-0.2, -0.15) is 0 Å². The zero-order valence-electron chi connectivity index (χ0n) is 16.3. The number of nitrogens with zero attached hydrogens (tertiary/aromatic N) is 4. The van der Waals surface area contributed by atoms with E-state index in [4.69, 9.17) is 13.9 Å². The average molecular weight is 414 g/mol. The monoisotopic (exact) mass is 414 g/mol.